The SMILES string of the molecule is CCOC(=O)[C@@]1(Cc2ccc(NS(=O)(=O)c3ccc(OC)cc3)cc2)C[C@@H]1C(=O)NO. The molecule has 2 atom stereocenters. The third-order valence-corrected chi connectivity index (χ3v) is 6.68. The highest BCUT2D eigenvalue weighted by atomic mass is 32.2. The van der Waals surface area contributed by atoms with Crippen molar-refractivity contribution in [2.24, 2.45) is 11.3 Å². The van der Waals surface area contributed by atoms with Gasteiger partial charge in [0, 0.05) is 5.69 Å². The molecule has 0 unspecified atom stereocenters. The summed E-state index contributed by atoms with van der Waals surface area (Å²) in [4.78, 5) is 24.3. The minimum Gasteiger partial charge on any atom is -0.497 e. The van der Waals surface area contributed by atoms with Gasteiger partial charge in [0.25, 0.3) is 10.0 Å². The van der Waals surface area contributed by atoms with Gasteiger partial charge in [-0.3, -0.25) is 19.5 Å². The minimum atomic E-state index is -3.78. The Bertz CT molecular complexity index is 1050. The highest BCUT2D eigenvalue weighted by molar-refractivity contribution is 7.92. The van der Waals surface area contributed by atoms with Gasteiger partial charge in [0.15, 0.2) is 0 Å². The smallest absolute Gasteiger partial charge is 0.313 e. The second-order valence-corrected chi connectivity index (χ2v) is 8.95. The van der Waals surface area contributed by atoms with Crippen LogP contribution < -0.4 is 14.9 Å². The molecule has 0 spiro atoms. The van der Waals surface area contributed by atoms with E-state index in [1.54, 1.807) is 48.8 Å². The predicted octanol–water partition coefficient (Wildman–Crippen LogP) is 2.11. The van der Waals surface area contributed by atoms with Crippen LogP contribution in [0.3, 0.4) is 0 Å². The number of ether oxygens (including phenoxy) is 2. The zero-order valence-electron chi connectivity index (χ0n) is 17.1. The van der Waals surface area contributed by atoms with E-state index >= 15 is 0 Å². The molecular formula is C21H24N2O7S. The van der Waals surface area contributed by atoms with E-state index in [9.17, 15) is 18.0 Å². The van der Waals surface area contributed by atoms with Gasteiger partial charge < -0.3 is 9.47 Å². The monoisotopic (exact) mass is 448 g/mol. The maximum Gasteiger partial charge on any atom is 0.313 e. The van der Waals surface area contributed by atoms with Gasteiger partial charge in [-0.25, -0.2) is 13.9 Å². The Kier molecular flexibility index (Phi) is 6.51. The summed E-state index contributed by atoms with van der Waals surface area (Å²) in [6, 6.07) is 12.5. The molecule has 31 heavy (non-hydrogen) atoms. The molecule has 9 nitrogen and oxygen atoms in total. The molecule has 3 N–H and O–H groups in total. The normalized spacial score (nSPS) is 19.9. The van der Waals surface area contributed by atoms with E-state index in [-0.39, 0.29) is 24.3 Å². The van der Waals surface area contributed by atoms with Crippen molar-refractivity contribution >= 4 is 27.6 Å². The van der Waals surface area contributed by atoms with Crippen LogP contribution in [0.4, 0.5) is 5.69 Å². The molecular weight excluding hydrogens is 424 g/mol. The summed E-state index contributed by atoms with van der Waals surface area (Å²) < 4.78 is 37.8. The number of sulfonamides is 1. The number of carbonyl (C=O) groups is 2. The third-order valence-electron chi connectivity index (χ3n) is 5.28. The summed E-state index contributed by atoms with van der Waals surface area (Å²) in [6.07, 6.45) is 0.500. The van der Waals surface area contributed by atoms with Gasteiger partial charge >= 0.3 is 5.97 Å². The van der Waals surface area contributed by atoms with E-state index in [4.69, 9.17) is 14.7 Å². The van der Waals surface area contributed by atoms with Crippen molar-refractivity contribution in [3.8, 4) is 5.75 Å². The second-order valence-electron chi connectivity index (χ2n) is 7.26. The number of hydrogen-bond donors (Lipinski definition) is 3. The fourth-order valence-corrected chi connectivity index (χ4v) is 4.58. The van der Waals surface area contributed by atoms with Crippen LogP contribution in [0.15, 0.2) is 53.4 Å². The number of carbonyl (C=O) groups excluding carboxylic acids is 2. The van der Waals surface area contributed by atoms with Crippen molar-refractivity contribution < 1.29 is 32.7 Å². The number of hydroxylamine groups is 1. The molecule has 0 aromatic heterocycles. The van der Waals surface area contributed by atoms with Gasteiger partial charge in [-0.05, 0) is 61.7 Å². The number of anilines is 1. The Morgan fingerprint density at radius 3 is 2.32 bits per heavy atom. The van der Waals surface area contributed by atoms with Gasteiger partial charge in [0.1, 0.15) is 5.75 Å². The number of hydrogen-bond acceptors (Lipinski definition) is 7. The van der Waals surface area contributed by atoms with Crippen molar-refractivity contribution in [3.05, 3.63) is 54.1 Å². The van der Waals surface area contributed by atoms with Crippen LogP contribution >= 0.6 is 0 Å². The van der Waals surface area contributed by atoms with E-state index in [0.29, 0.717) is 11.4 Å². The lowest BCUT2D eigenvalue weighted by Gasteiger charge is -2.16. The quantitative estimate of drug-likeness (QED) is 0.304. The number of methoxy groups -OCH3 is 1. The molecule has 2 aromatic carbocycles. The van der Waals surface area contributed by atoms with Crippen molar-refractivity contribution in [2.45, 2.75) is 24.7 Å². The molecule has 1 aliphatic carbocycles. The number of amides is 1. The molecule has 2 aromatic rings. The predicted molar refractivity (Wildman–Crippen MR) is 111 cm³/mol. The van der Waals surface area contributed by atoms with Crippen LogP contribution in [0, 0.1) is 11.3 Å². The molecule has 0 heterocycles. The molecule has 1 amide bonds. The lowest BCUT2D eigenvalue weighted by molar-refractivity contribution is -0.152. The topological polar surface area (TPSA) is 131 Å². The fourth-order valence-electron chi connectivity index (χ4n) is 3.52. The lowest BCUT2D eigenvalue weighted by atomic mass is 9.93. The summed E-state index contributed by atoms with van der Waals surface area (Å²) in [5.74, 6) is -1.25. The first-order chi connectivity index (χ1) is 14.8. The number of nitrogens with one attached hydrogen (secondary N) is 2. The molecule has 0 aliphatic heterocycles. The Balaban J connectivity index is 1.73. The van der Waals surface area contributed by atoms with E-state index in [1.165, 1.54) is 19.2 Å². The molecule has 1 fully saturated rings. The summed E-state index contributed by atoms with van der Waals surface area (Å²) >= 11 is 0. The molecule has 1 saturated carbocycles. The molecule has 0 saturated heterocycles. The summed E-state index contributed by atoms with van der Waals surface area (Å²) in [5.41, 5.74) is 1.64. The van der Waals surface area contributed by atoms with E-state index in [0.717, 1.165) is 5.56 Å². The van der Waals surface area contributed by atoms with Crippen molar-refractivity contribution in [3.63, 3.8) is 0 Å². The number of benzene rings is 2. The first-order valence-electron chi connectivity index (χ1n) is 9.62. The maximum atomic E-state index is 12.6. The van der Waals surface area contributed by atoms with Gasteiger partial charge in [-0.1, -0.05) is 12.1 Å². The van der Waals surface area contributed by atoms with Crippen LogP contribution in [-0.4, -0.2) is 39.2 Å². The maximum absolute atomic E-state index is 12.6. The second kappa shape index (κ2) is 8.94. The van der Waals surface area contributed by atoms with E-state index < -0.39 is 33.2 Å². The standard InChI is InChI=1S/C21H24N2O7S/c1-3-30-20(25)21(13-18(21)19(24)22-26)12-14-4-6-15(7-5-14)23-31(27,28)17-10-8-16(29-2)9-11-17/h4-11,18,23,26H,3,12-13H2,1-2H3,(H,22,24)/t18-,21+/m1/s1. The number of esters is 1. The van der Waals surface area contributed by atoms with Gasteiger partial charge in [-0.15, -0.1) is 0 Å². The highest BCUT2D eigenvalue weighted by Crippen LogP contribution is 2.55. The summed E-state index contributed by atoms with van der Waals surface area (Å²) in [7, 11) is -2.28. The van der Waals surface area contributed by atoms with Crippen LogP contribution in [0.5, 0.6) is 5.75 Å². The summed E-state index contributed by atoms with van der Waals surface area (Å²) in [5, 5.41) is 8.90. The molecule has 0 radical (unpaired) electrons. The minimum absolute atomic E-state index is 0.0921. The summed E-state index contributed by atoms with van der Waals surface area (Å²) in [6.45, 7) is 1.86. The molecule has 1 aliphatic rings. The van der Waals surface area contributed by atoms with Crippen LogP contribution in [0.25, 0.3) is 0 Å². The Morgan fingerprint density at radius 2 is 1.77 bits per heavy atom. The molecule has 166 valence electrons. The Morgan fingerprint density at radius 1 is 1.13 bits per heavy atom. The van der Waals surface area contributed by atoms with Crippen molar-refractivity contribution in [1.82, 2.24) is 5.48 Å². The first kappa shape index (κ1) is 22.6. The van der Waals surface area contributed by atoms with Gasteiger partial charge in [-0.2, -0.15) is 0 Å². The van der Waals surface area contributed by atoms with Crippen LogP contribution in [-0.2, 0) is 30.8 Å². The molecule has 0 bridgehead atoms. The van der Waals surface area contributed by atoms with Crippen LogP contribution in [0.2, 0.25) is 0 Å². The Labute approximate surface area is 180 Å². The molecule has 10 heteroatoms. The molecule has 3 rings (SSSR count). The Hall–Kier alpha value is -3.11. The van der Waals surface area contributed by atoms with Crippen molar-refractivity contribution in [2.75, 3.05) is 18.4 Å². The van der Waals surface area contributed by atoms with Gasteiger partial charge in [0.05, 0.1) is 29.9 Å². The zero-order valence-corrected chi connectivity index (χ0v) is 17.9. The van der Waals surface area contributed by atoms with Crippen LogP contribution in [0.1, 0.15) is 18.9 Å². The zero-order chi connectivity index (χ0) is 22.6. The third kappa shape index (κ3) is 4.80. The largest absolute Gasteiger partial charge is 0.497 e. The fraction of sp³-hybridized carbons (Fsp3) is 0.333. The highest BCUT2D eigenvalue weighted by Gasteiger charge is 2.64. The number of rotatable bonds is 9. The van der Waals surface area contributed by atoms with E-state index in [1.807, 2.05) is 0 Å². The van der Waals surface area contributed by atoms with Crippen molar-refractivity contribution in [1.29, 1.82) is 0 Å². The lowest BCUT2D eigenvalue weighted by Crippen LogP contribution is -2.30. The average molecular weight is 448 g/mol. The first-order valence-corrected chi connectivity index (χ1v) is 11.1. The average Bonchev–Trinajstić information content (AvgIpc) is 3.50. The van der Waals surface area contributed by atoms with E-state index in [2.05, 4.69) is 4.72 Å². The van der Waals surface area contributed by atoms with Gasteiger partial charge in [0.2, 0.25) is 5.91 Å².